The maximum atomic E-state index is 13.4. The number of carbonyl (C=O) groups is 2. The molecule has 0 unspecified atom stereocenters. The SMILES string of the molecule is O=C(Nc1cc2c(cc1N1CCOCC1)C(=O)N(C1CCC(CO)CC1)C2)c1cccc(C(F)(F)F)n1. The summed E-state index contributed by atoms with van der Waals surface area (Å²) in [5.41, 5.74) is 0.894. The van der Waals surface area contributed by atoms with Gasteiger partial charge in [-0.25, -0.2) is 4.98 Å². The van der Waals surface area contributed by atoms with Crippen LogP contribution in [-0.4, -0.2) is 65.8 Å². The van der Waals surface area contributed by atoms with Crippen molar-refractivity contribution in [3.05, 3.63) is 52.8 Å². The summed E-state index contributed by atoms with van der Waals surface area (Å²) in [7, 11) is 0. The fourth-order valence-corrected chi connectivity index (χ4v) is 5.38. The Bertz CT molecular complexity index is 1170. The highest BCUT2D eigenvalue weighted by molar-refractivity contribution is 6.07. The van der Waals surface area contributed by atoms with Crippen molar-refractivity contribution in [2.75, 3.05) is 43.1 Å². The molecule has 2 aliphatic heterocycles. The number of aliphatic hydroxyl groups excluding tert-OH is 1. The molecule has 1 aromatic heterocycles. The lowest BCUT2D eigenvalue weighted by Crippen LogP contribution is -2.38. The van der Waals surface area contributed by atoms with Crippen molar-refractivity contribution in [3.8, 4) is 0 Å². The van der Waals surface area contributed by atoms with Crippen LogP contribution >= 0.6 is 0 Å². The number of morpholine rings is 1. The lowest BCUT2D eigenvalue weighted by molar-refractivity contribution is -0.141. The van der Waals surface area contributed by atoms with Crippen LogP contribution < -0.4 is 10.2 Å². The number of nitrogens with one attached hydrogen (secondary N) is 1. The Kier molecular flexibility index (Phi) is 7.09. The second-order valence-electron chi connectivity index (χ2n) is 9.78. The maximum Gasteiger partial charge on any atom is 0.433 e. The highest BCUT2D eigenvalue weighted by Crippen LogP contribution is 2.38. The largest absolute Gasteiger partial charge is 0.433 e. The molecule has 0 radical (unpaired) electrons. The molecule has 2 aromatic rings. The molecule has 1 saturated carbocycles. The Labute approximate surface area is 212 Å². The van der Waals surface area contributed by atoms with Gasteiger partial charge in [0, 0.05) is 37.8 Å². The van der Waals surface area contributed by atoms with Crippen molar-refractivity contribution >= 4 is 23.2 Å². The van der Waals surface area contributed by atoms with Crippen LogP contribution in [0.2, 0.25) is 0 Å². The van der Waals surface area contributed by atoms with E-state index in [1.165, 1.54) is 6.07 Å². The lowest BCUT2D eigenvalue weighted by Gasteiger charge is -2.34. The Morgan fingerprint density at radius 3 is 2.54 bits per heavy atom. The third-order valence-electron chi connectivity index (χ3n) is 7.44. The van der Waals surface area contributed by atoms with Gasteiger partial charge in [0.05, 0.1) is 24.6 Å². The van der Waals surface area contributed by atoms with Crippen molar-refractivity contribution < 1.29 is 32.6 Å². The second kappa shape index (κ2) is 10.3. The van der Waals surface area contributed by atoms with Gasteiger partial charge in [-0.2, -0.15) is 13.2 Å². The van der Waals surface area contributed by atoms with Crippen molar-refractivity contribution in [2.24, 2.45) is 5.92 Å². The van der Waals surface area contributed by atoms with Crippen molar-refractivity contribution in [3.63, 3.8) is 0 Å². The normalized spacial score (nSPS) is 22.2. The molecule has 11 heteroatoms. The summed E-state index contributed by atoms with van der Waals surface area (Å²) in [5, 5.41) is 12.2. The van der Waals surface area contributed by atoms with Crippen molar-refractivity contribution in [1.29, 1.82) is 0 Å². The van der Waals surface area contributed by atoms with Gasteiger partial charge in [0.2, 0.25) is 0 Å². The van der Waals surface area contributed by atoms with Crippen LogP contribution in [0.5, 0.6) is 0 Å². The number of hydrogen-bond donors (Lipinski definition) is 2. The lowest BCUT2D eigenvalue weighted by atomic mass is 9.86. The van der Waals surface area contributed by atoms with Gasteiger partial charge in [-0.3, -0.25) is 9.59 Å². The molecule has 2 N–H and O–H groups in total. The van der Waals surface area contributed by atoms with Gasteiger partial charge < -0.3 is 25.0 Å². The minimum absolute atomic E-state index is 0.0608. The van der Waals surface area contributed by atoms with Crippen molar-refractivity contribution in [2.45, 2.75) is 44.4 Å². The van der Waals surface area contributed by atoms with Crippen LogP contribution in [0.4, 0.5) is 24.5 Å². The van der Waals surface area contributed by atoms with E-state index in [0.29, 0.717) is 49.8 Å². The van der Waals surface area contributed by atoms with E-state index in [0.717, 1.165) is 43.4 Å². The molecule has 8 nitrogen and oxygen atoms in total. The first-order valence-corrected chi connectivity index (χ1v) is 12.5. The number of anilines is 2. The van der Waals surface area contributed by atoms with E-state index < -0.39 is 17.8 Å². The van der Waals surface area contributed by atoms with E-state index in [1.54, 1.807) is 12.1 Å². The highest BCUT2D eigenvalue weighted by Gasteiger charge is 2.37. The molecule has 5 rings (SSSR count). The number of aliphatic hydroxyl groups is 1. The van der Waals surface area contributed by atoms with Gasteiger partial charge in [0.25, 0.3) is 11.8 Å². The fourth-order valence-electron chi connectivity index (χ4n) is 5.38. The zero-order chi connectivity index (χ0) is 26.2. The number of amides is 2. The van der Waals surface area contributed by atoms with Gasteiger partial charge in [-0.15, -0.1) is 0 Å². The van der Waals surface area contributed by atoms with Crippen LogP contribution in [0.25, 0.3) is 0 Å². The number of alkyl halides is 3. The van der Waals surface area contributed by atoms with Gasteiger partial charge in [-0.05, 0) is 61.4 Å². The first-order valence-electron chi connectivity index (χ1n) is 12.5. The first-order chi connectivity index (χ1) is 17.7. The molecule has 3 aliphatic rings. The number of hydrogen-bond acceptors (Lipinski definition) is 6. The number of halogens is 3. The number of carbonyl (C=O) groups excluding carboxylic acids is 2. The number of ether oxygens (including phenoxy) is 1. The minimum atomic E-state index is -4.66. The quantitative estimate of drug-likeness (QED) is 0.627. The third kappa shape index (κ3) is 5.28. The van der Waals surface area contributed by atoms with E-state index in [1.807, 2.05) is 9.80 Å². The number of fused-ring (bicyclic) bond motifs is 1. The van der Waals surface area contributed by atoms with Crippen LogP contribution in [0.15, 0.2) is 30.3 Å². The molecule has 3 heterocycles. The molecule has 37 heavy (non-hydrogen) atoms. The van der Waals surface area contributed by atoms with Crippen LogP contribution in [0.3, 0.4) is 0 Å². The Balaban J connectivity index is 1.43. The van der Waals surface area contributed by atoms with E-state index >= 15 is 0 Å². The summed E-state index contributed by atoms with van der Waals surface area (Å²) in [5.74, 6) is -0.547. The zero-order valence-corrected chi connectivity index (χ0v) is 20.3. The van der Waals surface area contributed by atoms with E-state index in [2.05, 4.69) is 10.3 Å². The fraction of sp³-hybridized carbons (Fsp3) is 0.500. The topological polar surface area (TPSA) is 95.0 Å². The van der Waals surface area contributed by atoms with E-state index in [-0.39, 0.29) is 30.2 Å². The molecule has 2 amide bonds. The predicted octanol–water partition coefficient (Wildman–Crippen LogP) is 3.70. The average Bonchev–Trinajstić information content (AvgIpc) is 3.23. The smallest absolute Gasteiger partial charge is 0.396 e. The van der Waals surface area contributed by atoms with Gasteiger partial charge in [-0.1, -0.05) is 6.07 Å². The minimum Gasteiger partial charge on any atom is -0.396 e. The number of aromatic nitrogens is 1. The molecule has 0 spiro atoms. The number of pyridine rings is 1. The predicted molar refractivity (Wildman–Crippen MR) is 129 cm³/mol. The zero-order valence-electron chi connectivity index (χ0n) is 20.3. The number of benzene rings is 1. The molecule has 0 bridgehead atoms. The van der Waals surface area contributed by atoms with Crippen LogP contribution in [0, 0.1) is 5.92 Å². The summed E-state index contributed by atoms with van der Waals surface area (Å²) in [4.78, 5) is 33.7. The van der Waals surface area contributed by atoms with Gasteiger partial charge >= 0.3 is 6.18 Å². The Morgan fingerprint density at radius 2 is 1.86 bits per heavy atom. The highest BCUT2D eigenvalue weighted by atomic mass is 19.4. The molecule has 0 atom stereocenters. The standard InChI is InChI=1S/C26H29F3N4O4/c27-26(28,29)23-3-1-2-20(30-23)24(35)31-21-12-17-14-33(18-6-4-16(15-34)5-7-18)25(36)19(17)13-22(21)32-8-10-37-11-9-32/h1-3,12-13,16,18,34H,4-11,14-15H2,(H,31,35). The summed E-state index contributed by atoms with van der Waals surface area (Å²) < 4.78 is 44.8. The monoisotopic (exact) mass is 518 g/mol. The van der Waals surface area contributed by atoms with Gasteiger partial charge in [0.1, 0.15) is 11.4 Å². The summed E-state index contributed by atoms with van der Waals surface area (Å²) in [6.07, 6.45) is -1.28. The molecule has 1 aliphatic carbocycles. The van der Waals surface area contributed by atoms with Gasteiger partial charge in [0.15, 0.2) is 0 Å². The summed E-state index contributed by atoms with van der Waals surface area (Å²) >= 11 is 0. The average molecular weight is 519 g/mol. The van der Waals surface area contributed by atoms with Crippen LogP contribution in [-0.2, 0) is 17.5 Å². The molecule has 198 valence electrons. The molecular weight excluding hydrogens is 489 g/mol. The number of nitrogens with zero attached hydrogens (tertiary/aromatic N) is 3. The molecule has 2 fully saturated rings. The summed E-state index contributed by atoms with van der Waals surface area (Å²) in [6, 6.07) is 6.82. The summed E-state index contributed by atoms with van der Waals surface area (Å²) in [6.45, 7) is 2.62. The maximum absolute atomic E-state index is 13.4. The molecule has 1 saturated heterocycles. The second-order valence-corrected chi connectivity index (χ2v) is 9.78. The van der Waals surface area contributed by atoms with Crippen LogP contribution in [0.1, 0.15) is 57.8 Å². The van der Waals surface area contributed by atoms with E-state index in [4.69, 9.17) is 4.74 Å². The third-order valence-corrected chi connectivity index (χ3v) is 7.44. The Hall–Kier alpha value is -3.18. The number of rotatable bonds is 5. The Morgan fingerprint density at radius 1 is 1.14 bits per heavy atom. The first kappa shape index (κ1) is 25.5. The van der Waals surface area contributed by atoms with E-state index in [9.17, 15) is 27.9 Å². The molecular formula is C26H29F3N4O4. The molecule has 1 aromatic carbocycles. The van der Waals surface area contributed by atoms with Crippen molar-refractivity contribution in [1.82, 2.24) is 9.88 Å².